The summed E-state index contributed by atoms with van der Waals surface area (Å²) in [4.78, 5) is 21.8. The van der Waals surface area contributed by atoms with E-state index in [-0.39, 0.29) is 11.5 Å². The van der Waals surface area contributed by atoms with Crippen LogP contribution < -0.4 is 5.32 Å². The van der Waals surface area contributed by atoms with Gasteiger partial charge in [-0.05, 0) is 43.7 Å². The standard InChI is InChI=1S/C15H14N2O3/c1-10-4-3-5-14(17(19)20)15(10)16-13-8-6-12(7-9-13)11(2)18/h3-9,16H,1-2H3. The predicted octanol–water partition coefficient (Wildman–Crippen LogP) is 3.85. The van der Waals surface area contributed by atoms with Crippen molar-refractivity contribution >= 4 is 22.8 Å². The first-order valence-corrected chi connectivity index (χ1v) is 6.11. The Bertz CT molecular complexity index is 663. The van der Waals surface area contributed by atoms with Crippen LogP contribution in [0.1, 0.15) is 22.8 Å². The van der Waals surface area contributed by atoms with E-state index in [1.807, 2.05) is 0 Å². The van der Waals surface area contributed by atoms with Gasteiger partial charge in [0.2, 0.25) is 0 Å². The Hall–Kier alpha value is -2.69. The van der Waals surface area contributed by atoms with Gasteiger partial charge in [0, 0.05) is 17.3 Å². The molecule has 0 unspecified atom stereocenters. The molecule has 1 N–H and O–H groups in total. The molecule has 0 saturated heterocycles. The molecule has 20 heavy (non-hydrogen) atoms. The molecule has 5 nitrogen and oxygen atoms in total. The fourth-order valence-corrected chi connectivity index (χ4v) is 1.90. The topological polar surface area (TPSA) is 72.2 Å². The van der Waals surface area contributed by atoms with Crippen LogP contribution in [0.15, 0.2) is 42.5 Å². The summed E-state index contributed by atoms with van der Waals surface area (Å²) in [6, 6.07) is 11.7. The second kappa shape index (κ2) is 5.52. The van der Waals surface area contributed by atoms with Crippen LogP contribution in [0, 0.1) is 17.0 Å². The van der Waals surface area contributed by atoms with Crippen LogP contribution >= 0.6 is 0 Å². The van der Waals surface area contributed by atoms with Crippen LogP contribution in [0.25, 0.3) is 0 Å². The summed E-state index contributed by atoms with van der Waals surface area (Å²) >= 11 is 0. The molecule has 102 valence electrons. The van der Waals surface area contributed by atoms with Gasteiger partial charge < -0.3 is 5.32 Å². The van der Waals surface area contributed by atoms with Gasteiger partial charge in [-0.25, -0.2) is 0 Å². The molecule has 0 fully saturated rings. The number of hydrogen-bond acceptors (Lipinski definition) is 4. The number of benzene rings is 2. The molecule has 0 saturated carbocycles. The molecular formula is C15H14N2O3. The number of aryl methyl sites for hydroxylation is 1. The summed E-state index contributed by atoms with van der Waals surface area (Å²) in [5.74, 6) is -0.0153. The summed E-state index contributed by atoms with van der Waals surface area (Å²) in [5, 5.41) is 14.1. The number of nitro groups is 1. The SMILES string of the molecule is CC(=O)c1ccc(Nc2c(C)cccc2[N+](=O)[O-])cc1. The minimum atomic E-state index is -0.417. The quantitative estimate of drug-likeness (QED) is 0.520. The Morgan fingerprint density at radius 1 is 1.15 bits per heavy atom. The van der Waals surface area contributed by atoms with Crippen LogP contribution in [-0.4, -0.2) is 10.7 Å². The Kier molecular flexibility index (Phi) is 3.79. The third kappa shape index (κ3) is 2.83. The first-order chi connectivity index (χ1) is 9.49. The lowest BCUT2D eigenvalue weighted by Gasteiger charge is -2.10. The zero-order valence-electron chi connectivity index (χ0n) is 11.2. The van der Waals surface area contributed by atoms with Crippen molar-refractivity contribution in [3.8, 4) is 0 Å². The molecule has 0 bridgehead atoms. The molecule has 5 heteroatoms. The molecule has 0 aliphatic heterocycles. The summed E-state index contributed by atoms with van der Waals surface area (Å²) in [6.07, 6.45) is 0. The summed E-state index contributed by atoms with van der Waals surface area (Å²) in [5.41, 5.74) is 2.59. The van der Waals surface area contributed by atoms with Gasteiger partial charge in [-0.15, -0.1) is 0 Å². The van der Waals surface area contributed by atoms with Crippen molar-refractivity contribution in [2.75, 3.05) is 5.32 Å². The van der Waals surface area contributed by atoms with Crippen molar-refractivity contribution in [1.29, 1.82) is 0 Å². The number of hydrogen-bond donors (Lipinski definition) is 1. The zero-order valence-corrected chi connectivity index (χ0v) is 11.2. The van der Waals surface area contributed by atoms with Crippen LogP contribution in [0.5, 0.6) is 0 Å². The van der Waals surface area contributed by atoms with E-state index in [0.717, 1.165) is 5.56 Å². The fourth-order valence-electron chi connectivity index (χ4n) is 1.90. The van der Waals surface area contributed by atoms with Gasteiger partial charge in [0.15, 0.2) is 5.78 Å². The zero-order chi connectivity index (χ0) is 14.7. The van der Waals surface area contributed by atoms with E-state index in [4.69, 9.17) is 0 Å². The van der Waals surface area contributed by atoms with E-state index in [9.17, 15) is 14.9 Å². The van der Waals surface area contributed by atoms with E-state index in [0.29, 0.717) is 16.9 Å². The average Bonchev–Trinajstić information content (AvgIpc) is 2.41. The van der Waals surface area contributed by atoms with Gasteiger partial charge >= 0.3 is 0 Å². The molecule has 0 amide bonds. The smallest absolute Gasteiger partial charge is 0.292 e. The maximum absolute atomic E-state index is 11.2. The van der Waals surface area contributed by atoms with Gasteiger partial charge in [-0.3, -0.25) is 14.9 Å². The molecule has 0 aromatic heterocycles. The van der Waals surface area contributed by atoms with E-state index in [1.54, 1.807) is 43.3 Å². The maximum atomic E-state index is 11.2. The molecule has 2 aromatic carbocycles. The van der Waals surface area contributed by atoms with E-state index >= 15 is 0 Å². The highest BCUT2D eigenvalue weighted by Gasteiger charge is 2.15. The molecule has 0 spiro atoms. The lowest BCUT2D eigenvalue weighted by molar-refractivity contribution is -0.384. The molecule has 0 heterocycles. The molecule has 0 radical (unpaired) electrons. The van der Waals surface area contributed by atoms with Crippen LogP contribution in [0.4, 0.5) is 17.1 Å². The number of carbonyl (C=O) groups is 1. The molecule has 2 rings (SSSR count). The van der Waals surface area contributed by atoms with Crippen molar-refractivity contribution in [2.45, 2.75) is 13.8 Å². The van der Waals surface area contributed by atoms with Crippen LogP contribution in [0.3, 0.4) is 0 Å². The molecule has 2 aromatic rings. The van der Waals surface area contributed by atoms with Crippen LogP contribution in [-0.2, 0) is 0 Å². The first kappa shape index (κ1) is 13.7. The van der Waals surface area contributed by atoms with Crippen molar-refractivity contribution in [3.05, 3.63) is 63.7 Å². The lowest BCUT2D eigenvalue weighted by Crippen LogP contribution is -1.99. The lowest BCUT2D eigenvalue weighted by atomic mass is 10.1. The van der Waals surface area contributed by atoms with Gasteiger partial charge in [-0.1, -0.05) is 12.1 Å². The van der Waals surface area contributed by atoms with Gasteiger partial charge in [-0.2, -0.15) is 0 Å². The van der Waals surface area contributed by atoms with E-state index in [2.05, 4.69) is 5.32 Å². The van der Waals surface area contributed by atoms with Crippen molar-refractivity contribution < 1.29 is 9.72 Å². The third-order valence-corrected chi connectivity index (χ3v) is 3.01. The van der Waals surface area contributed by atoms with Gasteiger partial charge in [0.05, 0.1) is 4.92 Å². The largest absolute Gasteiger partial charge is 0.350 e. The number of para-hydroxylation sites is 1. The number of ketones is 1. The number of nitro benzene ring substituents is 1. The third-order valence-electron chi connectivity index (χ3n) is 3.01. The summed E-state index contributed by atoms with van der Waals surface area (Å²) in [7, 11) is 0. The predicted molar refractivity (Wildman–Crippen MR) is 77.6 cm³/mol. The Morgan fingerprint density at radius 3 is 2.35 bits per heavy atom. The number of anilines is 2. The minimum Gasteiger partial charge on any atom is -0.350 e. The first-order valence-electron chi connectivity index (χ1n) is 6.11. The second-order valence-corrected chi connectivity index (χ2v) is 4.48. The number of nitrogens with zero attached hydrogens (tertiary/aromatic N) is 1. The Morgan fingerprint density at radius 2 is 1.80 bits per heavy atom. The van der Waals surface area contributed by atoms with Crippen molar-refractivity contribution in [1.82, 2.24) is 0 Å². The van der Waals surface area contributed by atoms with E-state index < -0.39 is 4.92 Å². The number of carbonyl (C=O) groups excluding carboxylic acids is 1. The maximum Gasteiger partial charge on any atom is 0.292 e. The summed E-state index contributed by atoms with van der Waals surface area (Å²) in [6.45, 7) is 3.30. The minimum absolute atomic E-state index is 0.0153. The average molecular weight is 270 g/mol. The second-order valence-electron chi connectivity index (χ2n) is 4.48. The highest BCUT2D eigenvalue weighted by atomic mass is 16.6. The van der Waals surface area contributed by atoms with E-state index in [1.165, 1.54) is 13.0 Å². The van der Waals surface area contributed by atoms with Gasteiger partial charge in [0.25, 0.3) is 5.69 Å². The molecule has 0 aliphatic rings. The van der Waals surface area contributed by atoms with Gasteiger partial charge in [0.1, 0.15) is 5.69 Å². The number of nitrogens with one attached hydrogen (secondary N) is 1. The molecule has 0 atom stereocenters. The number of rotatable bonds is 4. The number of Topliss-reactive ketones (excluding diaryl/α,β-unsaturated/α-hetero) is 1. The molecule has 0 aliphatic carbocycles. The Labute approximate surface area is 116 Å². The highest BCUT2D eigenvalue weighted by Crippen LogP contribution is 2.30. The monoisotopic (exact) mass is 270 g/mol. The van der Waals surface area contributed by atoms with Crippen molar-refractivity contribution in [3.63, 3.8) is 0 Å². The van der Waals surface area contributed by atoms with Crippen LogP contribution in [0.2, 0.25) is 0 Å². The molecular weight excluding hydrogens is 256 g/mol. The summed E-state index contributed by atoms with van der Waals surface area (Å²) < 4.78 is 0. The highest BCUT2D eigenvalue weighted by molar-refractivity contribution is 5.94. The van der Waals surface area contributed by atoms with Crippen molar-refractivity contribution in [2.24, 2.45) is 0 Å². The fraction of sp³-hybridized carbons (Fsp3) is 0.133. The normalized spacial score (nSPS) is 10.1. The Balaban J connectivity index is 2.34.